The van der Waals surface area contributed by atoms with Crippen molar-refractivity contribution >= 4 is 22.8 Å². The van der Waals surface area contributed by atoms with Crippen LogP contribution in [0.5, 0.6) is 5.75 Å². The van der Waals surface area contributed by atoms with Crippen molar-refractivity contribution in [3.8, 4) is 5.75 Å². The summed E-state index contributed by atoms with van der Waals surface area (Å²) < 4.78 is 11.6. The summed E-state index contributed by atoms with van der Waals surface area (Å²) in [6, 6.07) is 27.0. The summed E-state index contributed by atoms with van der Waals surface area (Å²) in [4.78, 5) is 17.3. The predicted octanol–water partition coefficient (Wildman–Crippen LogP) is 5.26. The molecule has 0 aliphatic carbocycles. The Hall–Kier alpha value is -3.05. The minimum Gasteiger partial charge on any atom is -0.488 e. The average Bonchev–Trinajstić information content (AvgIpc) is 3.19. The number of carbonyl (C=O) groups excluding carboxylic acids is 1. The normalized spacial score (nSPS) is 18.0. The van der Waals surface area contributed by atoms with E-state index in [9.17, 15) is 4.79 Å². The van der Waals surface area contributed by atoms with Gasteiger partial charge in [-0.15, -0.1) is 11.8 Å². The Kier molecular flexibility index (Phi) is 6.50. The summed E-state index contributed by atoms with van der Waals surface area (Å²) in [6.07, 6.45) is 0. The fraction of sp³-hybridized carbons (Fsp3) is 0.200. The Morgan fingerprint density at radius 2 is 1.47 bits per heavy atom. The van der Waals surface area contributed by atoms with Crippen LogP contribution in [0, 0.1) is 0 Å². The molecule has 1 aliphatic heterocycles. The highest BCUT2D eigenvalue weighted by atomic mass is 32.2. The van der Waals surface area contributed by atoms with E-state index in [4.69, 9.17) is 14.5 Å². The first kappa shape index (κ1) is 20.2. The topological polar surface area (TPSA) is 47.9 Å². The van der Waals surface area contributed by atoms with Gasteiger partial charge in [-0.1, -0.05) is 79.7 Å². The van der Waals surface area contributed by atoms with Crippen LogP contribution in [-0.2, 0) is 22.7 Å². The maximum atomic E-state index is 12.6. The molecule has 0 saturated heterocycles. The molecule has 3 aromatic rings. The van der Waals surface area contributed by atoms with Crippen molar-refractivity contribution in [3.63, 3.8) is 0 Å². The van der Waals surface area contributed by atoms with Gasteiger partial charge in [0.1, 0.15) is 24.0 Å². The van der Waals surface area contributed by atoms with Crippen molar-refractivity contribution < 1.29 is 14.3 Å². The van der Waals surface area contributed by atoms with Crippen LogP contribution < -0.4 is 4.74 Å². The molecule has 0 spiro atoms. The van der Waals surface area contributed by atoms with Crippen molar-refractivity contribution in [2.45, 2.75) is 31.4 Å². The smallest absolute Gasteiger partial charge is 0.332 e. The molecular formula is C25H23NO3S. The van der Waals surface area contributed by atoms with E-state index in [1.54, 1.807) is 11.8 Å². The molecule has 0 N–H and O–H groups in total. The minimum atomic E-state index is -0.518. The SMILES string of the molecule is CC1SC(c2ccccc2OCc2ccccc2)=NC1C(=O)OCc1ccccc1. The largest absolute Gasteiger partial charge is 0.488 e. The molecule has 0 bridgehead atoms. The summed E-state index contributed by atoms with van der Waals surface area (Å²) >= 11 is 1.58. The quantitative estimate of drug-likeness (QED) is 0.492. The van der Waals surface area contributed by atoms with Gasteiger partial charge in [-0.3, -0.25) is 4.99 Å². The molecule has 0 saturated carbocycles. The third-order valence-electron chi connectivity index (χ3n) is 4.82. The zero-order valence-corrected chi connectivity index (χ0v) is 17.5. The van der Waals surface area contributed by atoms with Crippen molar-refractivity contribution in [3.05, 3.63) is 102 Å². The Bertz CT molecular complexity index is 1020. The molecule has 2 atom stereocenters. The number of aliphatic imine (C=N–C) groups is 1. The lowest BCUT2D eigenvalue weighted by atomic mass is 10.2. The number of esters is 1. The molecule has 0 amide bonds. The lowest BCUT2D eigenvalue weighted by Crippen LogP contribution is -2.27. The van der Waals surface area contributed by atoms with Crippen LogP contribution in [-0.4, -0.2) is 22.3 Å². The molecule has 4 rings (SSSR count). The van der Waals surface area contributed by atoms with Gasteiger partial charge in [0.15, 0.2) is 6.04 Å². The Labute approximate surface area is 181 Å². The van der Waals surface area contributed by atoms with Crippen molar-refractivity contribution in [2.75, 3.05) is 0 Å². The fourth-order valence-electron chi connectivity index (χ4n) is 3.20. The second-order valence-electron chi connectivity index (χ2n) is 7.07. The first-order valence-electron chi connectivity index (χ1n) is 9.92. The van der Waals surface area contributed by atoms with Gasteiger partial charge in [0.05, 0.1) is 0 Å². The van der Waals surface area contributed by atoms with Crippen molar-refractivity contribution in [1.29, 1.82) is 0 Å². The molecule has 152 valence electrons. The number of thioether (sulfide) groups is 1. The molecule has 1 aliphatic rings. The molecular weight excluding hydrogens is 394 g/mol. The lowest BCUT2D eigenvalue weighted by Gasteiger charge is -2.12. The highest BCUT2D eigenvalue weighted by molar-refractivity contribution is 8.15. The molecule has 4 nitrogen and oxygen atoms in total. The van der Waals surface area contributed by atoms with E-state index in [0.29, 0.717) is 6.61 Å². The van der Waals surface area contributed by atoms with Crippen LogP contribution in [0.25, 0.3) is 0 Å². The van der Waals surface area contributed by atoms with Crippen molar-refractivity contribution in [2.24, 2.45) is 4.99 Å². The molecule has 0 fully saturated rings. The molecule has 3 aromatic carbocycles. The van der Waals surface area contributed by atoms with Crippen molar-refractivity contribution in [1.82, 2.24) is 0 Å². The number of rotatable bonds is 7. The second-order valence-corrected chi connectivity index (χ2v) is 8.43. The molecule has 1 heterocycles. The van der Waals surface area contributed by atoms with Crippen LogP contribution in [0.15, 0.2) is 89.9 Å². The zero-order valence-electron chi connectivity index (χ0n) is 16.7. The lowest BCUT2D eigenvalue weighted by molar-refractivity contribution is -0.146. The maximum absolute atomic E-state index is 12.6. The highest BCUT2D eigenvalue weighted by Crippen LogP contribution is 2.34. The number of hydrogen-bond donors (Lipinski definition) is 0. The summed E-state index contributed by atoms with van der Waals surface area (Å²) in [6.45, 7) is 2.74. The number of ether oxygens (including phenoxy) is 2. The van der Waals surface area contributed by atoms with E-state index in [1.807, 2.05) is 91.9 Å². The van der Waals surface area contributed by atoms with E-state index in [-0.39, 0.29) is 17.8 Å². The van der Waals surface area contributed by atoms with Crippen LogP contribution in [0.3, 0.4) is 0 Å². The summed E-state index contributed by atoms with van der Waals surface area (Å²) in [5, 5.41) is 0.818. The van der Waals surface area contributed by atoms with Crippen LogP contribution in [0.2, 0.25) is 0 Å². The monoisotopic (exact) mass is 417 g/mol. The number of benzene rings is 3. The first-order valence-corrected chi connectivity index (χ1v) is 10.8. The van der Waals surface area contributed by atoms with E-state index in [1.165, 1.54) is 0 Å². The van der Waals surface area contributed by atoms with Gasteiger partial charge in [-0.25, -0.2) is 4.79 Å². The van der Waals surface area contributed by atoms with E-state index >= 15 is 0 Å². The second kappa shape index (κ2) is 9.63. The van der Waals surface area contributed by atoms with Gasteiger partial charge in [-0.2, -0.15) is 0 Å². The van der Waals surface area contributed by atoms with E-state index in [0.717, 1.165) is 27.5 Å². The summed E-state index contributed by atoms with van der Waals surface area (Å²) in [5.41, 5.74) is 2.97. The van der Waals surface area contributed by atoms with Gasteiger partial charge in [0.2, 0.25) is 0 Å². The Balaban J connectivity index is 1.45. The molecule has 30 heavy (non-hydrogen) atoms. The van der Waals surface area contributed by atoms with Crippen LogP contribution in [0.4, 0.5) is 0 Å². The fourth-order valence-corrected chi connectivity index (χ4v) is 4.32. The number of nitrogens with zero attached hydrogens (tertiary/aromatic N) is 1. The summed E-state index contributed by atoms with van der Waals surface area (Å²) in [5.74, 6) is 0.467. The van der Waals surface area contributed by atoms with E-state index in [2.05, 4.69) is 0 Å². The van der Waals surface area contributed by atoms with Gasteiger partial charge in [0, 0.05) is 10.8 Å². The first-order chi connectivity index (χ1) is 14.7. The number of para-hydroxylation sites is 1. The highest BCUT2D eigenvalue weighted by Gasteiger charge is 2.34. The molecule has 5 heteroatoms. The minimum absolute atomic E-state index is 0.00505. The molecule has 0 aromatic heterocycles. The summed E-state index contributed by atoms with van der Waals surface area (Å²) in [7, 11) is 0. The van der Waals surface area contributed by atoms with Crippen LogP contribution in [0.1, 0.15) is 23.6 Å². The standard InChI is InChI=1S/C25H23NO3S/c1-18-23(25(27)29-17-20-12-6-3-7-13-20)26-24(30-18)21-14-8-9-15-22(21)28-16-19-10-4-2-5-11-19/h2-15,18,23H,16-17H2,1H3. The van der Waals surface area contributed by atoms with Gasteiger partial charge < -0.3 is 9.47 Å². The third kappa shape index (κ3) is 4.92. The van der Waals surface area contributed by atoms with E-state index < -0.39 is 6.04 Å². The predicted molar refractivity (Wildman–Crippen MR) is 121 cm³/mol. The third-order valence-corrected chi connectivity index (χ3v) is 6.00. The van der Waals surface area contributed by atoms with Gasteiger partial charge in [-0.05, 0) is 23.3 Å². The Morgan fingerprint density at radius 1 is 0.867 bits per heavy atom. The zero-order chi connectivity index (χ0) is 20.8. The molecule has 0 radical (unpaired) electrons. The number of carbonyl (C=O) groups is 1. The Morgan fingerprint density at radius 3 is 2.17 bits per heavy atom. The van der Waals surface area contributed by atoms with Crippen LogP contribution >= 0.6 is 11.8 Å². The van der Waals surface area contributed by atoms with Gasteiger partial charge >= 0.3 is 5.97 Å². The van der Waals surface area contributed by atoms with Gasteiger partial charge in [0.25, 0.3) is 0 Å². The molecule has 2 unspecified atom stereocenters. The average molecular weight is 418 g/mol. The number of hydrogen-bond acceptors (Lipinski definition) is 5. The maximum Gasteiger partial charge on any atom is 0.332 e.